The Kier molecular flexibility index (Phi) is 5.17. The maximum atomic E-state index is 12.4. The fourth-order valence-corrected chi connectivity index (χ4v) is 4.37. The van der Waals surface area contributed by atoms with Crippen LogP contribution in [0, 0.1) is 13.8 Å². The number of aromatic nitrogens is 2. The van der Waals surface area contributed by atoms with Crippen LogP contribution in [-0.4, -0.2) is 15.9 Å². The summed E-state index contributed by atoms with van der Waals surface area (Å²) in [7, 11) is 0. The van der Waals surface area contributed by atoms with E-state index < -0.39 is 0 Å². The van der Waals surface area contributed by atoms with E-state index in [9.17, 15) is 4.79 Å². The molecule has 4 rings (SSSR count). The molecule has 4 nitrogen and oxygen atoms in total. The molecular formula is C23H21N3OS. The molecule has 0 radical (unpaired) electrons. The number of thiazole rings is 1. The van der Waals surface area contributed by atoms with Crippen LogP contribution in [0.2, 0.25) is 0 Å². The number of carbonyl (C=O) groups excluding carboxylic acids is 1. The van der Waals surface area contributed by atoms with Crippen molar-refractivity contribution in [3.8, 4) is 0 Å². The Balaban J connectivity index is 1.49. The summed E-state index contributed by atoms with van der Waals surface area (Å²) >= 11 is 1.61. The first-order valence-corrected chi connectivity index (χ1v) is 10.0. The van der Waals surface area contributed by atoms with Crippen molar-refractivity contribution in [2.24, 2.45) is 0 Å². The summed E-state index contributed by atoms with van der Waals surface area (Å²) in [6.07, 6.45) is 2.79. The zero-order valence-corrected chi connectivity index (χ0v) is 16.7. The van der Waals surface area contributed by atoms with Crippen molar-refractivity contribution in [3.05, 3.63) is 87.5 Å². The Hall–Kier alpha value is -3.05. The Bertz CT molecular complexity index is 1140. The number of benzene rings is 2. The highest BCUT2D eigenvalue weighted by Crippen LogP contribution is 2.25. The second-order valence-electron chi connectivity index (χ2n) is 6.87. The number of amides is 1. The lowest BCUT2D eigenvalue weighted by atomic mass is 10.0. The van der Waals surface area contributed by atoms with Crippen LogP contribution in [0.3, 0.4) is 0 Å². The SMILES string of the molecule is Cc1ccnc(NC(=O)Cc2sc(Cc3cccc4ccccc34)nc2C)c1. The molecule has 1 N–H and O–H groups in total. The first-order valence-electron chi connectivity index (χ1n) is 9.23. The van der Waals surface area contributed by atoms with Gasteiger partial charge in [0.05, 0.1) is 17.1 Å². The highest BCUT2D eigenvalue weighted by molar-refractivity contribution is 7.11. The van der Waals surface area contributed by atoms with Crippen molar-refractivity contribution in [2.45, 2.75) is 26.7 Å². The minimum Gasteiger partial charge on any atom is -0.310 e. The van der Waals surface area contributed by atoms with E-state index in [-0.39, 0.29) is 5.91 Å². The number of aryl methyl sites for hydroxylation is 2. The standard InChI is InChI=1S/C23H21N3OS/c1-15-10-11-24-21(12-15)26-22(27)14-20-16(2)25-23(28-20)13-18-8-5-7-17-6-3-4-9-19(17)18/h3-12H,13-14H2,1-2H3,(H,24,26,27). The fourth-order valence-electron chi connectivity index (χ4n) is 3.27. The molecule has 0 saturated carbocycles. The van der Waals surface area contributed by atoms with Gasteiger partial charge in [0, 0.05) is 17.5 Å². The number of pyridine rings is 1. The third kappa shape index (κ3) is 4.10. The van der Waals surface area contributed by atoms with Gasteiger partial charge in [-0.05, 0) is 47.9 Å². The van der Waals surface area contributed by atoms with Crippen LogP contribution in [0.15, 0.2) is 60.8 Å². The van der Waals surface area contributed by atoms with Crippen LogP contribution in [0.5, 0.6) is 0 Å². The molecule has 0 bridgehead atoms. The normalized spacial score (nSPS) is 10.9. The van der Waals surface area contributed by atoms with Crippen molar-refractivity contribution >= 4 is 33.8 Å². The number of fused-ring (bicyclic) bond motifs is 1. The van der Waals surface area contributed by atoms with Gasteiger partial charge in [0.2, 0.25) is 5.91 Å². The van der Waals surface area contributed by atoms with Crippen LogP contribution in [0.25, 0.3) is 10.8 Å². The van der Waals surface area contributed by atoms with E-state index in [1.54, 1.807) is 17.5 Å². The van der Waals surface area contributed by atoms with E-state index in [0.29, 0.717) is 12.2 Å². The minimum atomic E-state index is -0.0680. The third-order valence-corrected chi connectivity index (χ3v) is 5.82. The summed E-state index contributed by atoms with van der Waals surface area (Å²) in [5.74, 6) is 0.518. The second-order valence-corrected chi connectivity index (χ2v) is 8.04. The average molecular weight is 388 g/mol. The molecule has 140 valence electrons. The van der Waals surface area contributed by atoms with E-state index in [2.05, 4.69) is 52.8 Å². The van der Waals surface area contributed by atoms with Gasteiger partial charge in [-0.1, -0.05) is 42.5 Å². The molecule has 0 atom stereocenters. The molecule has 2 heterocycles. The Morgan fingerprint density at radius 1 is 1.07 bits per heavy atom. The Morgan fingerprint density at radius 2 is 1.89 bits per heavy atom. The highest BCUT2D eigenvalue weighted by Gasteiger charge is 2.13. The van der Waals surface area contributed by atoms with Gasteiger partial charge in [-0.2, -0.15) is 0 Å². The number of hydrogen-bond acceptors (Lipinski definition) is 4. The fraction of sp³-hybridized carbons (Fsp3) is 0.174. The van der Waals surface area contributed by atoms with Crippen LogP contribution < -0.4 is 5.32 Å². The highest BCUT2D eigenvalue weighted by atomic mass is 32.1. The molecule has 1 amide bonds. The molecule has 0 aliphatic heterocycles. The number of carbonyl (C=O) groups is 1. The van der Waals surface area contributed by atoms with Gasteiger partial charge in [-0.15, -0.1) is 11.3 Å². The number of anilines is 1. The predicted molar refractivity (Wildman–Crippen MR) is 115 cm³/mol. The minimum absolute atomic E-state index is 0.0680. The molecule has 0 fully saturated rings. The zero-order chi connectivity index (χ0) is 19.5. The maximum absolute atomic E-state index is 12.4. The summed E-state index contributed by atoms with van der Waals surface area (Å²) in [5, 5.41) is 6.39. The lowest BCUT2D eigenvalue weighted by Gasteiger charge is -2.04. The number of rotatable bonds is 5. The first kappa shape index (κ1) is 18.3. The van der Waals surface area contributed by atoms with Crippen molar-refractivity contribution in [3.63, 3.8) is 0 Å². The molecule has 28 heavy (non-hydrogen) atoms. The van der Waals surface area contributed by atoms with E-state index >= 15 is 0 Å². The van der Waals surface area contributed by atoms with Gasteiger partial charge < -0.3 is 5.32 Å². The van der Waals surface area contributed by atoms with E-state index in [0.717, 1.165) is 27.6 Å². The maximum Gasteiger partial charge on any atom is 0.230 e. The van der Waals surface area contributed by atoms with Crippen molar-refractivity contribution < 1.29 is 4.79 Å². The van der Waals surface area contributed by atoms with Crippen LogP contribution in [0.4, 0.5) is 5.82 Å². The molecule has 2 aromatic carbocycles. The number of nitrogens with zero attached hydrogens (tertiary/aromatic N) is 2. The van der Waals surface area contributed by atoms with Gasteiger partial charge in [0.15, 0.2) is 0 Å². The van der Waals surface area contributed by atoms with Crippen LogP contribution in [-0.2, 0) is 17.6 Å². The van der Waals surface area contributed by atoms with Gasteiger partial charge in [0.1, 0.15) is 5.82 Å². The van der Waals surface area contributed by atoms with E-state index in [1.165, 1.54) is 16.3 Å². The number of nitrogens with one attached hydrogen (secondary N) is 1. The molecule has 4 aromatic rings. The molecule has 0 spiro atoms. The van der Waals surface area contributed by atoms with Gasteiger partial charge in [-0.3, -0.25) is 4.79 Å². The van der Waals surface area contributed by atoms with Crippen molar-refractivity contribution in [1.29, 1.82) is 0 Å². The Morgan fingerprint density at radius 3 is 2.75 bits per heavy atom. The molecule has 0 aliphatic rings. The largest absolute Gasteiger partial charge is 0.310 e. The molecule has 5 heteroatoms. The average Bonchev–Trinajstić information content (AvgIpc) is 3.01. The summed E-state index contributed by atoms with van der Waals surface area (Å²) in [5.41, 5.74) is 3.25. The summed E-state index contributed by atoms with van der Waals surface area (Å²) in [6.45, 7) is 3.95. The quantitative estimate of drug-likeness (QED) is 0.519. The molecular weight excluding hydrogens is 366 g/mol. The molecule has 2 aromatic heterocycles. The van der Waals surface area contributed by atoms with Gasteiger partial charge >= 0.3 is 0 Å². The van der Waals surface area contributed by atoms with Gasteiger partial charge in [-0.25, -0.2) is 9.97 Å². The van der Waals surface area contributed by atoms with Crippen molar-refractivity contribution in [1.82, 2.24) is 9.97 Å². The summed E-state index contributed by atoms with van der Waals surface area (Å²) < 4.78 is 0. The number of hydrogen-bond donors (Lipinski definition) is 1. The van der Waals surface area contributed by atoms with Gasteiger partial charge in [0.25, 0.3) is 0 Å². The zero-order valence-electron chi connectivity index (χ0n) is 15.9. The molecule has 0 saturated heterocycles. The Labute approximate surface area is 168 Å². The van der Waals surface area contributed by atoms with E-state index in [4.69, 9.17) is 4.98 Å². The monoisotopic (exact) mass is 387 g/mol. The second kappa shape index (κ2) is 7.90. The summed E-state index contributed by atoms with van der Waals surface area (Å²) in [6, 6.07) is 18.5. The lowest BCUT2D eigenvalue weighted by molar-refractivity contribution is -0.115. The van der Waals surface area contributed by atoms with Crippen LogP contribution in [0.1, 0.15) is 26.7 Å². The molecule has 0 unspecified atom stereocenters. The van der Waals surface area contributed by atoms with E-state index in [1.807, 2.05) is 26.0 Å². The first-order chi connectivity index (χ1) is 13.6. The topological polar surface area (TPSA) is 54.9 Å². The smallest absolute Gasteiger partial charge is 0.230 e. The third-order valence-electron chi connectivity index (χ3n) is 4.66. The molecule has 0 aliphatic carbocycles. The lowest BCUT2D eigenvalue weighted by Crippen LogP contribution is -2.15. The van der Waals surface area contributed by atoms with Crippen molar-refractivity contribution in [2.75, 3.05) is 5.32 Å². The van der Waals surface area contributed by atoms with Crippen LogP contribution >= 0.6 is 11.3 Å². The summed E-state index contributed by atoms with van der Waals surface area (Å²) in [4.78, 5) is 22.3. The predicted octanol–water partition coefficient (Wildman–Crippen LogP) is 5.08.